The summed E-state index contributed by atoms with van der Waals surface area (Å²) < 4.78 is 0. The van der Waals surface area contributed by atoms with E-state index in [2.05, 4.69) is 40.9 Å². The van der Waals surface area contributed by atoms with Gasteiger partial charge in [-0.05, 0) is 34.2 Å². The molecule has 0 atom stereocenters. The van der Waals surface area contributed by atoms with Gasteiger partial charge in [-0.3, -0.25) is 0 Å². The maximum absolute atomic E-state index is 5.78. The van der Waals surface area contributed by atoms with Gasteiger partial charge in [0.2, 0.25) is 10.6 Å². The van der Waals surface area contributed by atoms with E-state index in [1.54, 1.807) is 0 Å². The third-order valence-electron chi connectivity index (χ3n) is 2.78. The van der Waals surface area contributed by atoms with Gasteiger partial charge in [-0.1, -0.05) is 44.2 Å². The molecule has 1 aromatic carbocycles. The lowest BCUT2D eigenvalue weighted by Gasteiger charge is -2.24. The van der Waals surface area contributed by atoms with E-state index in [1.807, 2.05) is 18.2 Å². The first-order valence-corrected chi connectivity index (χ1v) is 6.34. The zero-order valence-corrected chi connectivity index (χ0v) is 11.7. The summed E-state index contributed by atoms with van der Waals surface area (Å²) in [6, 6.07) is 10.2. The van der Waals surface area contributed by atoms with E-state index in [4.69, 9.17) is 23.2 Å². The molecule has 0 unspecified atom stereocenters. The summed E-state index contributed by atoms with van der Waals surface area (Å²) in [5.74, 6) is 0.605. The van der Waals surface area contributed by atoms with Crippen LogP contribution >= 0.6 is 23.2 Å². The van der Waals surface area contributed by atoms with E-state index >= 15 is 0 Å². The zero-order chi connectivity index (χ0) is 13.2. The average Bonchev–Trinajstić information content (AvgIpc) is 2.28. The van der Waals surface area contributed by atoms with Crippen LogP contribution in [0.2, 0.25) is 10.6 Å². The Morgan fingerprint density at radius 3 is 2.06 bits per heavy atom. The molecule has 2 aromatic rings. The number of nitrogens with zero attached hydrogens (tertiary/aromatic N) is 3. The molecule has 0 aliphatic carbocycles. The molecule has 3 nitrogen and oxygen atoms in total. The average molecular weight is 282 g/mol. The summed E-state index contributed by atoms with van der Waals surface area (Å²) in [5, 5.41) is 0.266. The van der Waals surface area contributed by atoms with E-state index in [0.717, 1.165) is 0 Å². The van der Waals surface area contributed by atoms with E-state index in [0.29, 0.717) is 12.2 Å². The van der Waals surface area contributed by atoms with Crippen LogP contribution in [0.4, 0.5) is 0 Å². The summed E-state index contributed by atoms with van der Waals surface area (Å²) in [4.78, 5) is 12.0. The molecule has 94 valence electrons. The molecular formula is C13H13Cl2N3. The van der Waals surface area contributed by atoms with Crippen molar-refractivity contribution in [3.63, 3.8) is 0 Å². The predicted octanol–water partition coefficient (Wildman–Crippen LogP) is 3.70. The molecule has 18 heavy (non-hydrogen) atoms. The second kappa shape index (κ2) is 5.21. The van der Waals surface area contributed by atoms with E-state index in [-0.39, 0.29) is 16.0 Å². The molecular weight excluding hydrogens is 269 g/mol. The summed E-state index contributed by atoms with van der Waals surface area (Å²) in [6.07, 6.45) is 0.652. The highest BCUT2D eigenvalue weighted by molar-refractivity contribution is 6.30. The van der Waals surface area contributed by atoms with Crippen LogP contribution in [0, 0.1) is 0 Å². The molecule has 0 bridgehead atoms. The normalized spacial score (nSPS) is 11.6. The molecule has 0 saturated carbocycles. The van der Waals surface area contributed by atoms with Gasteiger partial charge in [-0.15, -0.1) is 0 Å². The summed E-state index contributed by atoms with van der Waals surface area (Å²) >= 11 is 11.6. The molecule has 0 aliphatic rings. The van der Waals surface area contributed by atoms with Crippen molar-refractivity contribution in [2.45, 2.75) is 25.7 Å². The Balaban J connectivity index is 2.27. The number of rotatable bonds is 3. The van der Waals surface area contributed by atoms with Crippen LogP contribution in [0.15, 0.2) is 30.3 Å². The van der Waals surface area contributed by atoms with Crippen LogP contribution in [0.3, 0.4) is 0 Å². The van der Waals surface area contributed by atoms with E-state index in [9.17, 15) is 0 Å². The Labute approximate surface area is 116 Å². The fourth-order valence-electron chi connectivity index (χ4n) is 1.83. The molecule has 0 saturated heterocycles. The summed E-state index contributed by atoms with van der Waals surface area (Å²) in [7, 11) is 0. The van der Waals surface area contributed by atoms with Gasteiger partial charge in [0.25, 0.3) is 0 Å². The Bertz CT molecular complexity index is 521. The first-order chi connectivity index (χ1) is 8.47. The third kappa shape index (κ3) is 3.18. The molecule has 0 spiro atoms. The highest BCUT2D eigenvalue weighted by Gasteiger charge is 2.22. The minimum absolute atomic E-state index is 0.0880. The maximum atomic E-state index is 5.78. The number of halogens is 2. The predicted molar refractivity (Wildman–Crippen MR) is 73.0 cm³/mol. The SMILES string of the molecule is CC(C)(Cc1nc(Cl)nc(Cl)n1)c1ccccc1. The maximum Gasteiger partial charge on any atom is 0.226 e. The topological polar surface area (TPSA) is 38.7 Å². The van der Waals surface area contributed by atoms with Gasteiger partial charge in [0.1, 0.15) is 5.82 Å². The van der Waals surface area contributed by atoms with E-state index < -0.39 is 0 Å². The van der Waals surface area contributed by atoms with Gasteiger partial charge in [0, 0.05) is 6.42 Å². The van der Waals surface area contributed by atoms with Gasteiger partial charge in [-0.25, -0.2) is 9.97 Å². The molecule has 1 heterocycles. The Morgan fingerprint density at radius 1 is 0.944 bits per heavy atom. The molecule has 0 N–H and O–H groups in total. The molecule has 5 heteroatoms. The lowest BCUT2D eigenvalue weighted by Crippen LogP contribution is -2.22. The monoisotopic (exact) mass is 281 g/mol. The standard InChI is InChI=1S/C13H13Cl2N3/c1-13(2,9-6-4-3-5-7-9)8-10-16-11(14)18-12(15)17-10/h3-7H,8H2,1-2H3. The minimum atomic E-state index is -0.0880. The fraction of sp³-hybridized carbons (Fsp3) is 0.308. The molecule has 0 radical (unpaired) electrons. The number of hydrogen-bond acceptors (Lipinski definition) is 3. The van der Waals surface area contributed by atoms with Crippen LogP contribution < -0.4 is 0 Å². The number of aromatic nitrogens is 3. The lowest BCUT2D eigenvalue weighted by molar-refractivity contribution is 0.505. The molecule has 0 amide bonds. The Hall–Kier alpha value is -1.19. The van der Waals surface area contributed by atoms with Gasteiger partial charge < -0.3 is 0 Å². The van der Waals surface area contributed by atoms with Crippen molar-refractivity contribution in [2.24, 2.45) is 0 Å². The molecule has 1 aromatic heterocycles. The van der Waals surface area contributed by atoms with Crippen LogP contribution in [0.1, 0.15) is 25.2 Å². The second-order valence-corrected chi connectivity index (χ2v) is 5.39. The van der Waals surface area contributed by atoms with Gasteiger partial charge in [0.15, 0.2) is 0 Å². The van der Waals surface area contributed by atoms with Crippen LogP contribution in [0.5, 0.6) is 0 Å². The number of hydrogen-bond donors (Lipinski definition) is 0. The number of benzene rings is 1. The summed E-state index contributed by atoms with van der Waals surface area (Å²) in [6.45, 7) is 4.27. The lowest BCUT2D eigenvalue weighted by atomic mass is 9.81. The first kappa shape index (κ1) is 13.2. The minimum Gasteiger partial charge on any atom is -0.203 e. The molecule has 0 aliphatic heterocycles. The van der Waals surface area contributed by atoms with Crippen molar-refractivity contribution in [2.75, 3.05) is 0 Å². The van der Waals surface area contributed by atoms with Crippen LogP contribution in [-0.2, 0) is 11.8 Å². The smallest absolute Gasteiger partial charge is 0.203 e. The second-order valence-electron chi connectivity index (χ2n) is 4.72. The van der Waals surface area contributed by atoms with Crippen molar-refractivity contribution in [1.29, 1.82) is 0 Å². The van der Waals surface area contributed by atoms with Gasteiger partial charge in [0.05, 0.1) is 0 Å². The zero-order valence-electron chi connectivity index (χ0n) is 10.2. The van der Waals surface area contributed by atoms with E-state index in [1.165, 1.54) is 5.56 Å². The van der Waals surface area contributed by atoms with Gasteiger partial charge >= 0.3 is 0 Å². The highest BCUT2D eigenvalue weighted by Crippen LogP contribution is 2.26. The van der Waals surface area contributed by atoms with Crippen molar-refractivity contribution in [3.05, 3.63) is 52.3 Å². The van der Waals surface area contributed by atoms with Crippen molar-refractivity contribution < 1.29 is 0 Å². The van der Waals surface area contributed by atoms with Crippen molar-refractivity contribution in [1.82, 2.24) is 15.0 Å². The van der Waals surface area contributed by atoms with Crippen molar-refractivity contribution >= 4 is 23.2 Å². The quantitative estimate of drug-likeness (QED) is 0.861. The Morgan fingerprint density at radius 2 is 1.50 bits per heavy atom. The highest BCUT2D eigenvalue weighted by atomic mass is 35.5. The summed E-state index contributed by atoms with van der Waals surface area (Å²) in [5.41, 5.74) is 1.13. The Kier molecular flexibility index (Phi) is 3.83. The molecule has 0 fully saturated rings. The van der Waals surface area contributed by atoms with Crippen LogP contribution in [-0.4, -0.2) is 15.0 Å². The van der Waals surface area contributed by atoms with Crippen LogP contribution in [0.25, 0.3) is 0 Å². The third-order valence-corrected chi connectivity index (χ3v) is 3.12. The fourth-order valence-corrected chi connectivity index (χ4v) is 2.23. The first-order valence-electron chi connectivity index (χ1n) is 5.59. The van der Waals surface area contributed by atoms with Gasteiger partial charge in [-0.2, -0.15) is 4.98 Å². The van der Waals surface area contributed by atoms with Crippen molar-refractivity contribution in [3.8, 4) is 0 Å². The largest absolute Gasteiger partial charge is 0.226 e. The molecule has 2 rings (SSSR count).